The molecule has 1 fully saturated rings. The number of nitrogens with two attached hydrogens (primary N) is 1. The number of rotatable bonds is 3. The second kappa shape index (κ2) is 6.06. The number of nitrogens with one attached hydrogen (secondary N) is 1. The van der Waals surface area contributed by atoms with Gasteiger partial charge >= 0.3 is 0 Å². The monoisotopic (exact) mass is 345 g/mol. The lowest BCUT2D eigenvalue weighted by Gasteiger charge is -2.43. The summed E-state index contributed by atoms with van der Waals surface area (Å²) in [5.74, 6) is 1.02. The minimum Gasteiger partial charge on any atom is -0.497 e. The van der Waals surface area contributed by atoms with Gasteiger partial charge in [-0.2, -0.15) is 0 Å². The molecule has 0 aliphatic carbocycles. The van der Waals surface area contributed by atoms with Crippen LogP contribution in [0.4, 0.5) is 0 Å². The fourth-order valence-corrected chi connectivity index (χ4v) is 4.41. The van der Waals surface area contributed by atoms with Gasteiger partial charge in [0.2, 0.25) is 0 Å². The van der Waals surface area contributed by atoms with E-state index in [1.54, 1.807) is 7.11 Å². The Labute approximate surface area is 149 Å². The fourth-order valence-electron chi connectivity index (χ4n) is 4.41. The van der Waals surface area contributed by atoms with Gasteiger partial charge in [0.15, 0.2) is 5.76 Å². The summed E-state index contributed by atoms with van der Waals surface area (Å²) < 4.78 is 11.1. The van der Waals surface area contributed by atoms with Crippen molar-refractivity contribution in [3.05, 3.63) is 29.5 Å². The number of amides is 1. The summed E-state index contributed by atoms with van der Waals surface area (Å²) in [4.78, 5) is 12.8. The summed E-state index contributed by atoms with van der Waals surface area (Å²) in [7, 11) is 1.63. The minimum absolute atomic E-state index is 0.107. The minimum atomic E-state index is -0.133. The zero-order chi connectivity index (χ0) is 18.4. The number of hydrogen-bond donors (Lipinski definition) is 2. The van der Waals surface area contributed by atoms with Gasteiger partial charge in [-0.05, 0) is 52.8 Å². The van der Waals surface area contributed by atoms with Gasteiger partial charge in [0, 0.05) is 29.8 Å². The Morgan fingerprint density at radius 2 is 1.88 bits per heavy atom. The Balaban J connectivity index is 1.84. The van der Waals surface area contributed by atoms with E-state index >= 15 is 0 Å². The lowest BCUT2D eigenvalue weighted by molar-refractivity contribution is -0.787. The Kier molecular flexibility index (Phi) is 4.31. The topological polar surface area (TPSA) is 68.1 Å². The predicted octanol–water partition coefficient (Wildman–Crippen LogP) is 2.76. The molecule has 0 atom stereocenters. The Morgan fingerprint density at radius 1 is 1.24 bits per heavy atom. The first kappa shape index (κ1) is 17.8. The van der Waals surface area contributed by atoms with Crippen LogP contribution in [0, 0.1) is 6.92 Å². The van der Waals surface area contributed by atoms with Crippen molar-refractivity contribution in [1.82, 2.24) is 5.32 Å². The molecule has 1 aromatic heterocycles. The van der Waals surface area contributed by atoms with E-state index in [1.807, 2.05) is 25.1 Å². The molecule has 0 saturated carbocycles. The molecule has 136 valence electrons. The number of methoxy groups -OCH3 is 1. The van der Waals surface area contributed by atoms with Crippen LogP contribution in [0.25, 0.3) is 11.0 Å². The number of aryl methyl sites for hydroxylation is 1. The molecule has 0 radical (unpaired) electrons. The average molecular weight is 345 g/mol. The van der Waals surface area contributed by atoms with Crippen molar-refractivity contribution in [2.24, 2.45) is 0 Å². The van der Waals surface area contributed by atoms with Crippen LogP contribution >= 0.6 is 0 Å². The van der Waals surface area contributed by atoms with Crippen LogP contribution < -0.4 is 15.4 Å². The van der Waals surface area contributed by atoms with Crippen LogP contribution in [0.5, 0.6) is 5.75 Å². The molecule has 1 aliphatic heterocycles. The Morgan fingerprint density at radius 3 is 2.48 bits per heavy atom. The van der Waals surface area contributed by atoms with E-state index in [0.29, 0.717) is 11.3 Å². The number of ether oxygens (including phenoxy) is 1. The summed E-state index contributed by atoms with van der Waals surface area (Å²) in [6.07, 6.45) is 1.88. The number of benzene rings is 1. The number of fused-ring (bicyclic) bond motifs is 1. The van der Waals surface area contributed by atoms with Crippen molar-refractivity contribution in [2.45, 2.75) is 64.6 Å². The van der Waals surface area contributed by atoms with E-state index in [4.69, 9.17) is 9.15 Å². The maximum atomic E-state index is 12.8. The van der Waals surface area contributed by atoms with Crippen molar-refractivity contribution in [2.75, 3.05) is 7.11 Å². The molecule has 5 heteroatoms. The molecule has 0 bridgehead atoms. The van der Waals surface area contributed by atoms with E-state index < -0.39 is 0 Å². The van der Waals surface area contributed by atoms with Crippen molar-refractivity contribution >= 4 is 16.9 Å². The van der Waals surface area contributed by atoms with Crippen LogP contribution in [-0.2, 0) is 0 Å². The second-order valence-electron chi connectivity index (χ2n) is 8.62. The second-order valence-corrected chi connectivity index (χ2v) is 8.62. The van der Waals surface area contributed by atoms with Crippen LogP contribution in [0.15, 0.2) is 22.6 Å². The number of carbonyl (C=O) groups excluding carboxylic acids is 1. The van der Waals surface area contributed by atoms with Gasteiger partial charge in [0.05, 0.1) is 18.2 Å². The van der Waals surface area contributed by atoms with E-state index in [1.165, 1.54) is 0 Å². The summed E-state index contributed by atoms with van der Waals surface area (Å²) in [5, 5.41) is 6.52. The highest BCUT2D eigenvalue weighted by Gasteiger charge is 2.42. The number of piperidine rings is 1. The molecular weight excluding hydrogens is 316 g/mol. The van der Waals surface area contributed by atoms with Crippen LogP contribution in [-0.4, -0.2) is 30.1 Å². The summed E-state index contributed by atoms with van der Waals surface area (Å²) in [6, 6.07) is 5.74. The fraction of sp³-hybridized carbons (Fsp3) is 0.550. The zero-order valence-corrected chi connectivity index (χ0v) is 16.0. The Hall–Kier alpha value is -2.01. The molecule has 1 saturated heterocycles. The lowest BCUT2D eigenvalue weighted by Crippen LogP contribution is -3.06. The van der Waals surface area contributed by atoms with Crippen molar-refractivity contribution in [3.63, 3.8) is 0 Å². The third kappa shape index (κ3) is 3.66. The first-order valence-electron chi connectivity index (χ1n) is 8.85. The van der Waals surface area contributed by atoms with E-state index in [0.717, 1.165) is 29.5 Å². The summed E-state index contributed by atoms with van der Waals surface area (Å²) in [5.41, 5.74) is 1.78. The highest BCUT2D eigenvalue weighted by atomic mass is 16.5. The number of carbonyl (C=O) groups is 1. The van der Waals surface area contributed by atoms with Crippen molar-refractivity contribution < 1.29 is 19.3 Å². The zero-order valence-electron chi connectivity index (χ0n) is 16.0. The molecule has 1 amide bonds. The van der Waals surface area contributed by atoms with Gasteiger partial charge in [-0.25, -0.2) is 0 Å². The molecule has 5 nitrogen and oxygen atoms in total. The summed E-state index contributed by atoms with van der Waals surface area (Å²) >= 11 is 0. The SMILES string of the molecule is COc1ccc2oc(C(=O)NC3CC(C)(C)[NH2+]C(C)(C)C3)c(C)c2c1. The molecule has 3 N–H and O–H groups in total. The largest absolute Gasteiger partial charge is 0.497 e. The normalized spacial score (nSPS) is 19.8. The van der Waals surface area contributed by atoms with E-state index in [-0.39, 0.29) is 23.0 Å². The van der Waals surface area contributed by atoms with Crippen LogP contribution in [0.2, 0.25) is 0 Å². The molecule has 2 heterocycles. The van der Waals surface area contributed by atoms with Gasteiger partial charge in [-0.1, -0.05) is 0 Å². The maximum absolute atomic E-state index is 12.8. The highest BCUT2D eigenvalue weighted by Crippen LogP contribution is 2.29. The average Bonchev–Trinajstić information content (AvgIpc) is 2.80. The summed E-state index contributed by atoms with van der Waals surface area (Å²) in [6.45, 7) is 10.8. The molecule has 2 aromatic rings. The molecule has 3 rings (SSSR count). The Bertz CT molecular complexity index is 789. The van der Waals surface area contributed by atoms with E-state index in [2.05, 4.69) is 38.3 Å². The third-order valence-corrected chi connectivity index (χ3v) is 5.01. The number of furan rings is 1. The smallest absolute Gasteiger partial charge is 0.287 e. The van der Waals surface area contributed by atoms with Gasteiger partial charge in [0.25, 0.3) is 5.91 Å². The van der Waals surface area contributed by atoms with Gasteiger partial charge in [-0.3, -0.25) is 4.79 Å². The van der Waals surface area contributed by atoms with Gasteiger partial charge in [0.1, 0.15) is 11.3 Å². The molecule has 0 spiro atoms. The molecular formula is C20H29N2O3+. The number of hydrogen-bond acceptors (Lipinski definition) is 3. The standard InChI is InChI=1S/C20H28N2O3/c1-12-15-9-14(24-6)7-8-16(15)25-17(12)18(23)21-13-10-19(2,3)22-20(4,5)11-13/h7-9,13,22H,10-11H2,1-6H3,(H,21,23)/p+1. The van der Waals surface area contributed by atoms with Gasteiger partial charge in [-0.15, -0.1) is 0 Å². The predicted molar refractivity (Wildman–Crippen MR) is 98.1 cm³/mol. The number of quaternary nitrogens is 1. The third-order valence-electron chi connectivity index (χ3n) is 5.01. The molecule has 1 aromatic carbocycles. The highest BCUT2D eigenvalue weighted by molar-refractivity contribution is 5.99. The molecule has 25 heavy (non-hydrogen) atoms. The van der Waals surface area contributed by atoms with Crippen molar-refractivity contribution in [3.8, 4) is 5.75 Å². The molecule has 0 unspecified atom stereocenters. The molecule has 1 aliphatic rings. The maximum Gasteiger partial charge on any atom is 0.287 e. The van der Waals surface area contributed by atoms with Gasteiger partial charge < -0.3 is 19.8 Å². The first-order chi connectivity index (χ1) is 11.6. The van der Waals surface area contributed by atoms with Crippen LogP contribution in [0.3, 0.4) is 0 Å². The van der Waals surface area contributed by atoms with E-state index in [9.17, 15) is 4.79 Å². The quantitative estimate of drug-likeness (QED) is 0.899. The van der Waals surface area contributed by atoms with Crippen molar-refractivity contribution in [1.29, 1.82) is 0 Å². The lowest BCUT2D eigenvalue weighted by atomic mass is 9.79. The van der Waals surface area contributed by atoms with Crippen LogP contribution in [0.1, 0.15) is 56.7 Å². The first-order valence-corrected chi connectivity index (χ1v) is 8.85.